The van der Waals surface area contributed by atoms with Crippen molar-refractivity contribution in [1.29, 1.82) is 0 Å². The molecular weight excluding hydrogens is 276 g/mol. The van der Waals surface area contributed by atoms with E-state index < -0.39 is 0 Å². The number of nitrogens with zero attached hydrogens (tertiary/aromatic N) is 1. The maximum atomic E-state index is 12.3. The Bertz CT molecular complexity index is 502. The van der Waals surface area contributed by atoms with Crippen LogP contribution in [0, 0.1) is 13.8 Å². The summed E-state index contributed by atoms with van der Waals surface area (Å²) in [4.78, 5) is 14.2. The van der Waals surface area contributed by atoms with Gasteiger partial charge in [0, 0.05) is 12.6 Å². The molecule has 122 valence electrons. The first kappa shape index (κ1) is 16.7. The summed E-state index contributed by atoms with van der Waals surface area (Å²) in [5.41, 5.74) is 2.31. The molecule has 0 aliphatic carbocycles. The number of benzene rings is 1. The molecule has 1 aliphatic heterocycles. The number of amides is 2. The van der Waals surface area contributed by atoms with Crippen LogP contribution in [0.25, 0.3) is 0 Å². The molecule has 1 aliphatic rings. The van der Waals surface area contributed by atoms with E-state index in [-0.39, 0.29) is 6.03 Å². The number of carbonyl (C=O) groups excluding carboxylic acids is 1. The number of likely N-dealkylation sites (tertiary alicyclic amines) is 1. The third-order valence-corrected chi connectivity index (χ3v) is 4.34. The average molecular weight is 304 g/mol. The Hall–Kier alpha value is -1.71. The van der Waals surface area contributed by atoms with Gasteiger partial charge in [-0.3, -0.25) is 0 Å². The van der Waals surface area contributed by atoms with Gasteiger partial charge in [-0.2, -0.15) is 0 Å². The van der Waals surface area contributed by atoms with E-state index >= 15 is 0 Å². The van der Waals surface area contributed by atoms with Crippen molar-refractivity contribution >= 4 is 6.03 Å². The van der Waals surface area contributed by atoms with Crippen molar-refractivity contribution in [3.05, 3.63) is 29.3 Å². The van der Waals surface area contributed by atoms with Crippen LogP contribution >= 0.6 is 0 Å². The molecule has 0 bridgehead atoms. The van der Waals surface area contributed by atoms with Gasteiger partial charge in [0.15, 0.2) is 0 Å². The molecule has 1 aromatic rings. The van der Waals surface area contributed by atoms with Crippen molar-refractivity contribution in [2.24, 2.45) is 0 Å². The van der Waals surface area contributed by atoms with E-state index in [1.165, 1.54) is 12.0 Å². The largest absolute Gasteiger partial charge is 0.491 e. The molecule has 2 rings (SSSR count). The molecule has 1 atom stereocenters. The standard InChI is InChI=1S/C18H28N2O2/c1-4-16-7-5-6-11-20(16)18(21)19-10-12-22-17-13-14(2)8-9-15(17)3/h8-9,13,16H,4-7,10-12H2,1-3H3,(H,19,21). The lowest BCUT2D eigenvalue weighted by molar-refractivity contribution is 0.147. The van der Waals surface area contributed by atoms with E-state index in [1.54, 1.807) is 0 Å². The summed E-state index contributed by atoms with van der Waals surface area (Å²) in [6, 6.07) is 6.62. The summed E-state index contributed by atoms with van der Waals surface area (Å²) in [6.07, 6.45) is 4.51. The predicted molar refractivity (Wildman–Crippen MR) is 89.4 cm³/mol. The second-order valence-corrected chi connectivity index (χ2v) is 6.10. The Morgan fingerprint density at radius 1 is 1.36 bits per heavy atom. The molecule has 2 amide bonds. The molecule has 0 spiro atoms. The van der Waals surface area contributed by atoms with Gasteiger partial charge in [0.1, 0.15) is 12.4 Å². The number of hydrogen-bond acceptors (Lipinski definition) is 2. The Balaban J connectivity index is 1.76. The van der Waals surface area contributed by atoms with E-state index in [0.717, 1.165) is 37.1 Å². The van der Waals surface area contributed by atoms with Crippen molar-refractivity contribution in [3.8, 4) is 5.75 Å². The maximum Gasteiger partial charge on any atom is 0.317 e. The van der Waals surface area contributed by atoms with Crippen molar-refractivity contribution in [3.63, 3.8) is 0 Å². The molecule has 4 nitrogen and oxygen atoms in total. The van der Waals surface area contributed by atoms with E-state index in [1.807, 2.05) is 17.9 Å². The highest BCUT2D eigenvalue weighted by atomic mass is 16.5. The quantitative estimate of drug-likeness (QED) is 0.844. The van der Waals surface area contributed by atoms with Gasteiger partial charge in [-0.25, -0.2) is 4.79 Å². The van der Waals surface area contributed by atoms with Crippen LogP contribution in [0.4, 0.5) is 4.79 Å². The molecule has 1 N–H and O–H groups in total. The van der Waals surface area contributed by atoms with Crippen molar-refractivity contribution in [2.75, 3.05) is 19.7 Å². The highest BCUT2D eigenvalue weighted by Crippen LogP contribution is 2.20. The van der Waals surface area contributed by atoms with Crippen LogP contribution in [0.1, 0.15) is 43.7 Å². The van der Waals surface area contributed by atoms with Crippen LogP contribution in [0.2, 0.25) is 0 Å². The molecule has 0 aromatic heterocycles. The van der Waals surface area contributed by atoms with Gasteiger partial charge in [0.25, 0.3) is 0 Å². The van der Waals surface area contributed by atoms with Gasteiger partial charge in [-0.1, -0.05) is 19.1 Å². The minimum absolute atomic E-state index is 0.0520. The fourth-order valence-corrected chi connectivity index (χ4v) is 2.98. The average Bonchev–Trinajstić information content (AvgIpc) is 2.54. The first-order valence-corrected chi connectivity index (χ1v) is 8.36. The van der Waals surface area contributed by atoms with E-state index in [0.29, 0.717) is 19.2 Å². The number of aryl methyl sites for hydroxylation is 2. The Morgan fingerprint density at radius 2 is 2.18 bits per heavy atom. The molecule has 1 unspecified atom stereocenters. The molecule has 0 radical (unpaired) electrons. The van der Waals surface area contributed by atoms with Crippen molar-refractivity contribution < 1.29 is 9.53 Å². The van der Waals surface area contributed by atoms with Crippen molar-refractivity contribution in [1.82, 2.24) is 10.2 Å². The second kappa shape index (κ2) is 8.06. The highest BCUT2D eigenvalue weighted by molar-refractivity contribution is 5.74. The van der Waals surface area contributed by atoms with E-state index in [4.69, 9.17) is 4.74 Å². The molecule has 4 heteroatoms. The monoisotopic (exact) mass is 304 g/mol. The van der Waals surface area contributed by atoms with Gasteiger partial charge < -0.3 is 15.0 Å². The van der Waals surface area contributed by atoms with Crippen LogP contribution in [-0.4, -0.2) is 36.7 Å². The lowest BCUT2D eigenvalue weighted by Gasteiger charge is -2.35. The number of rotatable bonds is 5. The lowest BCUT2D eigenvalue weighted by atomic mass is 10.0. The number of ether oxygens (including phenoxy) is 1. The zero-order valence-electron chi connectivity index (χ0n) is 14.0. The van der Waals surface area contributed by atoms with Crippen LogP contribution in [-0.2, 0) is 0 Å². The molecule has 22 heavy (non-hydrogen) atoms. The van der Waals surface area contributed by atoms with Gasteiger partial charge in [0.05, 0.1) is 6.54 Å². The minimum Gasteiger partial charge on any atom is -0.491 e. The molecule has 1 saturated heterocycles. The lowest BCUT2D eigenvalue weighted by Crippen LogP contribution is -2.49. The topological polar surface area (TPSA) is 41.6 Å². The Labute approximate surface area is 133 Å². The minimum atomic E-state index is 0.0520. The summed E-state index contributed by atoms with van der Waals surface area (Å²) in [6.45, 7) is 8.16. The molecular formula is C18H28N2O2. The molecule has 0 saturated carbocycles. The van der Waals surface area contributed by atoms with Crippen LogP contribution in [0.5, 0.6) is 5.75 Å². The third-order valence-electron chi connectivity index (χ3n) is 4.34. The SMILES string of the molecule is CCC1CCCCN1C(=O)NCCOc1cc(C)ccc1C. The van der Waals surface area contributed by atoms with Gasteiger partial charge >= 0.3 is 6.03 Å². The summed E-state index contributed by atoms with van der Waals surface area (Å²) < 4.78 is 5.78. The van der Waals surface area contributed by atoms with Gasteiger partial charge in [0.2, 0.25) is 0 Å². The van der Waals surface area contributed by atoms with E-state index in [9.17, 15) is 4.79 Å². The maximum absolute atomic E-state index is 12.3. The van der Waals surface area contributed by atoms with E-state index in [2.05, 4.69) is 31.3 Å². The Morgan fingerprint density at radius 3 is 2.95 bits per heavy atom. The zero-order valence-corrected chi connectivity index (χ0v) is 14.0. The number of urea groups is 1. The summed E-state index contributed by atoms with van der Waals surface area (Å²) in [5, 5.41) is 2.98. The fourth-order valence-electron chi connectivity index (χ4n) is 2.98. The molecule has 1 fully saturated rings. The number of piperidine rings is 1. The third kappa shape index (κ3) is 4.39. The van der Waals surface area contributed by atoms with Crippen molar-refractivity contribution in [2.45, 2.75) is 52.5 Å². The summed E-state index contributed by atoms with van der Waals surface area (Å²) >= 11 is 0. The first-order chi connectivity index (χ1) is 10.6. The first-order valence-electron chi connectivity index (χ1n) is 8.36. The normalized spacial score (nSPS) is 18.1. The highest BCUT2D eigenvalue weighted by Gasteiger charge is 2.24. The number of carbonyl (C=O) groups is 1. The predicted octanol–water partition coefficient (Wildman–Crippen LogP) is 3.66. The molecule has 1 aromatic carbocycles. The molecule has 1 heterocycles. The van der Waals surface area contributed by atoms with Crippen LogP contribution in [0.3, 0.4) is 0 Å². The van der Waals surface area contributed by atoms with Gasteiger partial charge in [-0.05, 0) is 56.7 Å². The van der Waals surface area contributed by atoms with Gasteiger partial charge in [-0.15, -0.1) is 0 Å². The van der Waals surface area contributed by atoms with Crippen LogP contribution < -0.4 is 10.1 Å². The number of nitrogens with one attached hydrogen (secondary N) is 1. The summed E-state index contributed by atoms with van der Waals surface area (Å²) in [5.74, 6) is 0.902. The second-order valence-electron chi connectivity index (χ2n) is 6.10. The fraction of sp³-hybridized carbons (Fsp3) is 0.611. The van der Waals surface area contributed by atoms with Crippen LogP contribution in [0.15, 0.2) is 18.2 Å². The zero-order chi connectivity index (χ0) is 15.9. The summed E-state index contributed by atoms with van der Waals surface area (Å²) in [7, 11) is 0. The smallest absolute Gasteiger partial charge is 0.317 e. The number of hydrogen-bond donors (Lipinski definition) is 1. The Kier molecular flexibility index (Phi) is 6.10.